The monoisotopic (exact) mass is 464 g/mol. The van der Waals surface area contributed by atoms with Crippen LogP contribution in [0.15, 0.2) is 34.7 Å². The van der Waals surface area contributed by atoms with Crippen LogP contribution < -0.4 is 4.90 Å². The molecule has 1 saturated heterocycles. The lowest BCUT2D eigenvalue weighted by Gasteiger charge is -2.30. The zero-order valence-corrected chi connectivity index (χ0v) is 18.5. The van der Waals surface area contributed by atoms with Crippen LogP contribution in [0, 0.1) is 12.7 Å². The number of thiazole rings is 1. The van der Waals surface area contributed by atoms with Crippen LogP contribution in [-0.4, -0.2) is 53.5 Å². The molecular formula is C20H21FN4O4S2. The van der Waals surface area contributed by atoms with Crippen molar-refractivity contribution in [3.05, 3.63) is 46.2 Å². The minimum Gasteiger partial charge on any atom is -0.301 e. The Morgan fingerprint density at radius 3 is 2.65 bits per heavy atom. The molecule has 1 fully saturated rings. The highest BCUT2D eigenvalue weighted by Crippen LogP contribution is 2.25. The van der Waals surface area contributed by atoms with Crippen molar-refractivity contribution in [3.63, 3.8) is 0 Å². The third kappa shape index (κ3) is 4.82. The lowest BCUT2D eigenvalue weighted by Crippen LogP contribution is -2.45. The van der Waals surface area contributed by atoms with E-state index in [2.05, 4.69) is 10.1 Å². The first-order chi connectivity index (χ1) is 14.7. The number of anilines is 1. The molecule has 0 spiro atoms. The first kappa shape index (κ1) is 21.6. The van der Waals surface area contributed by atoms with Crippen molar-refractivity contribution >= 4 is 44.4 Å². The van der Waals surface area contributed by atoms with Gasteiger partial charge >= 0.3 is 0 Å². The summed E-state index contributed by atoms with van der Waals surface area (Å²) in [5.41, 5.74) is 1.33. The third-order valence-corrected chi connectivity index (χ3v) is 7.80. The summed E-state index contributed by atoms with van der Waals surface area (Å²) < 4.78 is 37.1. The highest BCUT2D eigenvalue weighted by Gasteiger charge is 2.38. The van der Waals surface area contributed by atoms with E-state index in [-0.39, 0.29) is 42.5 Å². The number of nitrogens with zero attached hydrogens (tertiary/aromatic N) is 4. The predicted octanol–water partition coefficient (Wildman–Crippen LogP) is 2.29. The van der Waals surface area contributed by atoms with Crippen LogP contribution in [0.2, 0.25) is 0 Å². The summed E-state index contributed by atoms with van der Waals surface area (Å²) in [6, 6.07) is 4.99. The summed E-state index contributed by atoms with van der Waals surface area (Å²) in [5.74, 6) is -1.28. The van der Waals surface area contributed by atoms with Gasteiger partial charge in [0.05, 0.1) is 34.8 Å². The van der Waals surface area contributed by atoms with Gasteiger partial charge in [0.15, 0.2) is 9.84 Å². The highest BCUT2D eigenvalue weighted by molar-refractivity contribution is 7.91. The quantitative estimate of drug-likeness (QED) is 0.676. The molecule has 1 aromatic carbocycles. The molecule has 164 valence electrons. The molecule has 0 aliphatic carbocycles. The molecule has 4 rings (SSSR count). The molecule has 0 radical (unpaired) electrons. The first-order valence-electron chi connectivity index (χ1n) is 9.80. The van der Waals surface area contributed by atoms with Crippen LogP contribution in [0.4, 0.5) is 10.1 Å². The van der Waals surface area contributed by atoms with Gasteiger partial charge in [-0.15, -0.1) is 11.3 Å². The molecule has 1 unspecified atom stereocenters. The normalized spacial score (nSPS) is 20.6. The fourth-order valence-electron chi connectivity index (χ4n) is 3.68. The number of hydrazone groups is 1. The average molecular weight is 465 g/mol. The number of rotatable bonds is 5. The number of benzene rings is 1. The second-order valence-electron chi connectivity index (χ2n) is 7.57. The van der Waals surface area contributed by atoms with E-state index in [0.29, 0.717) is 17.8 Å². The first-order valence-corrected chi connectivity index (χ1v) is 12.5. The smallest absolute Gasteiger partial charge is 0.274 e. The Morgan fingerprint density at radius 2 is 2.03 bits per heavy atom. The molecule has 0 saturated carbocycles. The fraction of sp³-hybridized carbons (Fsp3) is 0.400. The largest absolute Gasteiger partial charge is 0.301 e. The number of carbonyl (C=O) groups excluding carboxylic acids is 2. The van der Waals surface area contributed by atoms with Crippen LogP contribution in [0.5, 0.6) is 0 Å². The molecule has 2 aromatic rings. The Kier molecular flexibility index (Phi) is 5.89. The minimum absolute atomic E-state index is 0.00509. The number of carbonyl (C=O) groups is 2. The second kappa shape index (κ2) is 8.46. The molecule has 3 heterocycles. The second-order valence-corrected chi connectivity index (χ2v) is 10.9. The van der Waals surface area contributed by atoms with Gasteiger partial charge in [0, 0.05) is 23.9 Å². The summed E-state index contributed by atoms with van der Waals surface area (Å²) in [6.07, 6.45) is 0.536. The number of halogens is 1. The van der Waals surface area contributed by atoms with Gasteiger partial charge in [-0.25, -0.2) is 22.8 Å². The van der Waals surface area contributed by atoms with Crippen molar-refractivity contribution in [1.29, 1.82) is 0 Å². The van der Waals surface area contributed by atoms with Crippen molar-refractivity contribution in [2.24, 2.45) is 5.10 Å². The van der Waals surface area contributed by atoms with E-state index < -0.39 is 27.6 Å². The van der Waals surface area contributed by atoms with Gasteiger partial charge in [0.2, 0.25) is 5.91 Å². The summed E-state index contributed by atoms with van der Waals surface area (Å²) in [5, 5.41) is 8.14. The Morgan fingerprint density at radius 1 is 1.29 bits per heavy atom. The van der Waals surface area contributed by atoms with Crippen LogP contribution in [0.1, 0.15) is 30.0 Å². The minimum atomic E-state index is -3.21. The SMILES string of the molecule is Cc1nc(CN(C(=O)C2=NN(C3CCS(=O)(=O)C3)C(=O)CC2)c2ccc(F)cc2)cs1. The van der Waals surface area contributed by atoms with E-state index in [9.17, 15) is 22.4 Å². The number of aromatic nitrogens is 1. The molecule has 31 heavy (non-hydrogen) atoms. The van der Waals surface area contributed by atoms with Crippen molar-refractivity contribution in [2.45, 2.75) is 38.8 Å². The van der Waals surface area contributed by atoms with Crippen molar-refractivity contribution in [3.8, 4) is 0 Å². The summed E-state index contributed by atoms with van der Waals surface area (Å²) in [4.78, 5) is 31.6. The van der Waals surface area contributed by atoms with Crippen molar-refractivity contribution in [2.75, 3.05) is 16.4 Å². The zero-order chi connectivity index (χ0) is 22.2. The number of aryl methyl sites for hydroxylation is 1. The Hall–Kier alpha value is -2.66. The average Bonchev–Trinajstić information content (AvgIpc) is 3.31. The van der Waals surface area contributed by atoms with E-state index in [1.807, 2.05) is 12.3 Å². The molecule has 11 heteroatoms. The molecule has 0 N–H and O–H groups in total. The van der Waals surface area contributed by atoms with Crippen LogP contribution in [-0.2, 0) is 26.0 Å². The van der Waals surface area contributed by atoms with Crippen LogP contribution in [0.3, 0.4) is 0 Å². The van der Waals surface area contributed by atoms with E-state index in [4.69, 9.17) is 0 Å². The molecule has 1 atom stereocenters. The Bertz CT molecular complexity index is 1140. The lowest BCUT2D eigenvalue weighted by atomic mass is 10.1. The van der Waals surface area contributed by atoms with Crippen molar-refractivity contribution in [1.82, 2.24) is 9.99 Å². The van der Waals surface area contributed by atoms with Gasteiger partial charge in [0.25, 0.3) is 5.91 Å². The molecule has 0 bridgehead atoms. The Labute approximate surface area is 183 Å². The van der Waals surface area contributed by atoms with Gasteiger partial charge in [0.1, 0.15) is 11.5 Å². The summed E-state index contributed by atoms with van der Waals surface area (Å²) in [6.45, 7) is 2.03. The molecule has 2 amide bonds. The van der Waals surface area contributed by atoms with E-state index in [1.165, 1.54) is 40.5 Å². The number of amides is 2. The Balaban J connectivity index is 1.64. The maximum absolute atomic E-state index is 13.4. The fourth-order valence-corrected chi connectivity index (χ4v) is 5.97. The highest BCUT2D eigenvalue weighted by atomic mass is 32.2. The van der Waals surface area contributed by atoms with E-state index in [1.54, 1.807) is 0 Å². The molecule has 2 aliphatic rings. The van der Waals surface area contributed by atoms with Crippen LogP contribution in [0.25, 0.3) is 0 Å². The number of hydrogen-bond donors (Lipinski definition) is 0. The number of hydrogen-bond acceptors (Lipinski definition) is 7. The van der Waals surface area contributed by atoms with E-state index in [0.717, 1.165) is 10.0 Å². The molecule has 2 aliphatic heterocycles. The topological polar surface area (TPSA) is 100 Å². The number of sulfone groups is 1. The molecule has 8 nitrogen and oxygen atoms in total. The van der Waals surface area contributed by atoms with Crippen LogP contribution >= 0.6 is 11.3 Å². The predicted molar refractivity (Wildman–Crippen MR) is 115 cm³/mol. The summed E-state index contributed by atoms with van der Waals surface area (Å²) >= 11 is 1.46. The van der Waals surface area contributed by atoms with Gasteiger partial charge in [-0.05, 0) is 37.6 Å². The zero-order valence-electron chi connectivity index (χ0n) is 16.8. The molecular weight excluding hydrogens is 443 g/mol. The van der Waals surface area contributed by atoms with Gasteiger partial charge in [-0.3, -0.25) is 9.59 Å². The van der Waals surface area contributed by atoms with E-state index >= 15 is 0 Å². The van der Waals surface area contributed by atoms with Gasteiger partial charge in [-0.2, -0.15) is 5.10 Å². The maximum atomic E-state index is 13.4. The van der Waals surface area contributed by atoms with Crippen molar-refractivity contribution < 1.29 is 22.4 Å². The standard InChI is InChI=1S/C20H21FN4O4S2/c1-13-22-15(11-30-13)10-24(16-4-2-14(21)3-5-16)20(27)18-6-7-19(26)25(23-18)17-8-9-31(28,29)12-17/h2-5,11,17H,6-10,12H2,1H3. The molecule has 1 aromatic heterocycles. The van der Waals surface area contributed by atoms with Gasteiger partial charge < -0.3 is 4.90 Å². The van der Waals surface area contributed by atoms with Gasteiger partial charge in [-0.1, -0.05) is 0 Å². The summed E-state index contributed by atoms with van der Waals surface area (Å²) in [7, 11) is -3.21. The maximum Gasteiger partial charge on any atom is 0.274 e. The third-order valence-electron chi connectivity index (χ3n) is 5.23. The lowest BCUT2D eigenvalue weighted by molar-refractivity contribution is -0.133.